The number of ether oxygens (including phenoxy) is 2. The Bertz CT molecular complexity index is 477. The van der Waals surface area contributed by atoms with Crippen molar-refractivity contribution in [3.05, 3.63) is 24.2 Å². The van der Waals surface area contributed by atoms with Crippen molar-refractivity contribution in [3.63, 3.8) is 0 Å². The maximum absolute atomic E-state index is 12.1. The number of nitrogens with one attached hydrogen (secondary N) is 1. The smallest absolute Gasteiger partial charge is 0.249 e. The summed E-state index contributed by atoms with van der Waals surface area (Å²) in [6.45, 7) is 3.89. The molecular weight excluding hydrogens is 284 g/mol. The highest BCUT2D eigenvalue weighted by molar-refractivity contribution is 5.81. The summed E-state index contributed by atoms with van der Waals surface area (Å²) in [5.74, 6) is 0.492. The summed E-state index contributed by atoms with van der Waals surface area (Å²) in [5.41, 5.74) is 1.19. The molecule has 1 aromatic rings. The van der Waals surface area contributed by atoms with Crippen molar-refractivity contribution in [2.75, 3.05) is 33.4 Å². The first-order valence-corrected chi connectivity index (χ1v) is 7.92. The van der Waals surface area contributed by atoms with Gasteiger partial charge < -0.3 is 19.2 Å². The number of carbonyl (C=O) groups is 1. The van der Waals surface area contributed by atoms with Gasteiger partial charge in [0.2, 0.25) is 5.91 Å². The van der Waals surface area contributed by atoms with Crippen molar-refractivity contribution in [3.8, 4) is 0 Å². The molecule has 22 heavy (non-hydrogen) atoms. The number of likely N-dealkylation sites (tertiary alicyclic amines) is 1. The van der Waals surface area contributed by atoms with Gasteiger partial charge in [0.25, 0.3) is 0 Å². The molecule has 0 saturated carbocycles. The van der Waals surface area contributed by atoms with Crippen molar-refractivity contribution < 1.29 is 18.7 Å². The van der Waals surface area contributed by atoms with E-state index >= 15 is 0 Å². The molecule has 1 N–H and O–H groups in total. The van der Waals surface area contributed by atoms with Gasteiger partial charge in [-0.3, -0.25) is 9.69 Å². The molecule has 0 aliphatic carbocycles. The average molecular weight is 308 g/mol. The van der Waals surface area contributed by atoms with E-state index in [0.29, 0.717) is 19.1 Å². The fourth-order valence-corrected chi connectivity index (χ4v) is 3.34. The molecule has 3 heterocycles. The largest absolute Gasteiger partial charge is 0.472 e. The molecule has 2 fully saturated rings. The number of hydrogen-bond acceptors (Lipinski definition) is 5. The van der Waals surface area contributed by atoms with E-state index in [2.05, 4.69) is 10.2 Å². The summed E-state index contributed by atoms with van der Waals surface area (Å²) >= 11 is 0. The molecule has 1 amide bonds. The number of methoxy groups -OCH3 is 1. The second-order valence-corrected chi connectivity index (χ2v) is 6.10. The van der Waals surface area contributed by atoms with Crippen LogP contribution >= 0.6 is 0 Å². The number of rotatable bonds is 6. The molecule has 0 aromatic carbocycles. The van der Waals surface area contributed by atoms with Crippen LogP contribution in [0.2, 0.25) is 0 Å². The predicted molar refractivity (Wildman–Crippen MR) is 80.3 cm³/mol. The first-order valence-electron chi connectivity index (χ1n) is 7.92. The van der Waals surface area contributed by atoms with Crippen molar-refractivity contribution in [1.29, 1.82) is 0 Å². The Morgan fingerprint density at radius 1 is 1.55 bits per heavy atom. The minimum atomic E-state index is -0.305. The second-order valence-electron chi connectivity index (χ2n) is 6.10. The van der Waals surface area contributed by atoms with Crippen molar-refractivity contribution in [2.45, 2.75) is 31.6 Å². The van der Waals surface area contributed by atoms with Crippen LogP contribution in [0, 0.1) is 5.92 Å². The first kappa shape index (κ1) is 15.5. The van der Waals surface area contributed by atoms with Gasteiger partial charge >= 0.3 is 0 Å². The fraction of sp³-hybridized carbons (Fsp3) is 0.688. The van der Waals surface area contributed by atoms with Crippen molar-refractivity contribution >= 4 is 5.91 Å². The molecule has 0 unspecified atom stereocenters. The molecule has 1 aromatic heterocycles. The molecule has 0 radical (unpaired) electrons. The van der Waals surface area contributed by atoms with E-state index in [1.165, 1.54) is 5.56 Å². The topological polar surface area (TPSA) is 63.9 Å². The number of carbonyl (C=O) groups excluding carboxylic acids is 1. The van der Waals surface area contributed by atoms with Gasteiger partial charge in [0.05, 0.1) is 25.2 Å². The van der Waals surface area contributed by atoms with E-state index in [1.54, 1.807) is 19.6 Å². The second kappa shape index (κ2) is 7.26. The van der Waals surface area contributed by atoms with E-state index in [-0.39, 0.29) is 18.1 Å². The highest BCUT2D eigenvalue weighted by Gasteiger charge is 2.41. The first-order chi connectivity index (χ1) is 10.8. The van der Waals surface area contributed by atoms with E-state index < -0.39 is 0 Å². The van der Waals surface area contributed by atoms with E-state index in [9.17, 15) is 4.79 Å². The summed E-state index contributed by atoms with van der Waals surface area (Å²) in [7, 11) is 1.63. The van der Waals surface area contributed by atoms with E-state index in [0.717, 1.165) is 32.5 Å². The Labute approximate surface area is 130 Å². The Morgan fingerprint density at radius 2 is 2.45 bits per heavy atom. The van der Waals surface area contributed by atoms with Crippen LogP contribution in [0.1, 0.15) is 18.4 Å². The fourth-order valence-electron chi connectivity index (χ4n) is 3.34. The van der Waals surface area contributed by atoms with Gasteiger partial charge in [0.1, 0.15) is 6.10 Å². The average Bonchev–Trinajstić information content (AvgIpc) is 3.16. The van der Waals surface area contributed by atoms with Crippen LogP contribution in [0.25, 0.3) is 0 Å². The molecule has 6 heteroatoms. The minimum absolute atomic E-state index is 0.00663. The zero-order chi connectivity index (χ0) is 15.4. The van der Waals surface area contributed by atoms with Gasteiger partial charge in [-0.2, -0.15) is 0 Å². The Hall–Kier alpha value is -1.37. The third-order valence-corrected chi connectivity index (χ3v) is 4.52. The lowest BCUT2D eigenvalue weighted by Crippen LogP contribution is -2.42. The van der Waals surface area contributed by atoms with Gasteiger partial charge in [-0.15, -0.1) is 0 Å². The van der Waals surface area contributed by atoms with Gasteiger partial charge in [0.15, 0.2) is 0 Å². The summed E-state index contributed by atoms with van der Waals surface area (Å²) in [6.07, 6.45) is 5.27. The molecule has 2 aliphatic heterocycles. The maximum atomic E-state index is 12.1. The van der Waals surface area contributed by atoms with Crippen LogP contribution in [0.5, 0.6) is 0 Å². The number of furan rings is 1. The lowest BCUT2D eigenvalue weighted by Gasteiger charge is -2.33. The van der Waals surface area contributed by atoms with Gasteiger partial charge in [-0.25, -0.2) is 0 Å². The number of amides is 1. The zero-order valence-electron chi connectivity index (χ0n) is 13.0. The molecule has 2 saturated heterocycles. The van der Waals surface area contributed by atoms with E-state index in [1.807, 2.05) is 6.07 Å². The van der Waals surface area contributed by atoms with Crippen LogP contribution < -0.4 is 5.32 Å². The lowest BCUT2D eigenvalue weighted by atomic mass is 9.91. The van der Waals surface area contributed by atoms with Gasteiger partial charge in [-0.1, -0.05) is 0 Å². The minimum Gasteiger partial charge on any atom is -0.472 e. The Morgan fingerprint density at radius 3 is 3.23 bits per heavy atom. The van der Waals surface area contributed by atoms with Gasteiger partial charge in [0, 0.05) is 32.3 Å². The molecule has 2 aliphatic rings. The van der Waals surface area contributed by atoms with E-state index in [4.69, 9.17) is 13.9 Å². The third kappa shape index (κ3) is 3.69. The normalized spacial score (nSPS) is 28.5. The molecule has 3 atom stereocenters. The lowest BCUT2D eigenvalue weighted by molar-refractivity contribution is -0.133. The van der Waals surface area contributed by atoms with Crippen molar-refractivity contribution in [1.82, 2.24) is 10.2 Å². The standard InChI is InChI=1S/C16H24N2O4/c1-20-7-4-17-16(19)14-8-13-2-5-18(10-15(13)22-14)9-12-3-6-21-11-12/h3,6,11,13-15H,2,4-5,7-10H2,1H3,(H,17,19)/t13-,14+,15+/m1/s1. The van der Waals surface area contributed by atoms with Crippen LogP contribution in [0.3, 0.4) is 0 Å². The predicted octanol–water partition coefficient (Wildman–Crippen LogP) is 1.02. The summed E-state index contributed by atoms with van der Waals surface area (Å²) in [4.78, 5) is 14.5. The zero-order valence-corrected chi connectivity index (χ0v) is 13.0. The van der Waals surface area contributed by atoms with Crippen LogP contribution in [0.15, 0.2) is 23.0 Å². The third-order valence-electron chi connectivity index (χ3n) is 4.52. The summed E-state index contributed by atoms with van der Waals surface area (Å²) in [6, 6.07) is 1.99. The van der Waals surface area contributed by atoms with Crippen LogP contribution in [-0.2, 0) is 20.8 Å². The molecule has 6 nitrogen and oxygen atoms in total. The van der Waals surface area contributed by atoms with Crippen LogP contribution in [0.4, 0.5) is 0 Å². The number of hydrogen-bond donors (Lipinski definition) is 1. The number of piperidine rings is 1. The quantitative estimate of drug-likeness (QED) is 0.795. The molecule has 0 bridgehead atoms. The molecule has 0 spiro atoms. The summed E-state index contributed by atoms with van der Waals surface area (Å²) in [5, 5.41) is 2.87. The Kier molecular flexibility index (Phi) is 5.12. The summed E-state index contributed by atoms with van der Waals surface area (Å²) < 4.78 is 16.0. The Balaban J connectivity index is 1.47. The van der Waals surface area contributed by atoms with Crippen molar-refractivity contribution in [2.24, 2.45) is 5.92 Å². The number of fused-ring (bicyclic) bond motifs is 1. The van der Waals surface area contributed by atoms with Crippen LogP contribution in [-0.4, -0.2) is 56.4 Å². The highest BCUT2D eigenvalue weighted by atomic mass is 16.5. The monoisotopic (exact) mass is 308 g/mol. The highest BCUT2D eigenvalue weighted by Crippen LogP contribution is 2.33. The number of nitrogens with zero attached hydrogens (tertiary/aromatic N) is 1. The SMILES string of the molecule is COCCNC(=O)[C@@H]1C[C@H]2CCN(Cc3ccoc3)C[C@@H]2O1. The van der Waals surface area contributed by atoms with Gasteiger partial charge in [-0.05, 0) is 31.4 Å². The molecule has 122 valence electrons. The molecular formula is C16H24N2O4. The maximum Gasteiger partial charge on any atom is 0.249 e. The molecule has 3 rings (SSSR count).